The maximum atomic E-state index is 13.6. The Hall–Kier alpha value is -2.95. The lowest BCUT2D eigenvalue weighted by Crippen LogP contribution is -2.05. The van der Waals surface area contributed by atoms with Crippen LogP contribution >= 0.6 is 0 Å². The number of para-hydroxylation sites is 1. The van der Waals surface area contributed by atoms with Crippen LogP contribution in [-0.2, 0) is 6.18 Å². The molecule has 0 amide bonds. The monoisotopic (exact) mass is 326 g/mol. The van der Waals surface area contributed by atoms with Gasteiger partial charge in [0.2, 0.25) is 0 Å². The van der Waals surface area contributed by atoms with Crippen molar-refractivity contribution in [1.82, 2.24) is 4.98 Å². The molecule has 0 spiro atoms. The van der Waals surface area contributed by atoms with E-state index < -0.39 is 11.7 Å². The van der Waals surface area contributed by atoms with Crippen molar-refractivity contribution in [3.05, 3.63) is 66.2 Å². The highest BCUT2D eigenvalue weighted by Crippen LogP contribution is 2.41. The summed E-state index contributed by atoms with van der Waals surface area (Å²) < 4.78 is 40.9. The van der Waals surface area contributed by atoms with Crippen molar-refractivity contribution in [2.45, 2.75) is 6.18 Å². The number of alkyl halides is 3. The van der Waals surface area contributed by atoms with Crippen LogP contribution in [0.25, 0.3) is 32.9 Å². The van der Waals surface area contributed by atoms with Gasteiger partial charge in [0.25, 0.3) is 0 Å². The summed E-state index contributed by atoms with van der Waals surface area (Å²) in [6, 6.07) is 16.8. The number of benzene rings is 3. The van der Waals surface area contributed by atoms with Crippen LogP contribution in [0.4, 0.5) is 18.9 Å². The van der Waals surface area contributed by atoms with Crippen LogP contribution in [0, 0.1) is 0 Å². The predicted octanol–water partition coefficient (Wildman–Crippen LogP) is 5.59. The number of aromatic nitrogens is 1. The zero-order chi connectivity index (χ0) is 16.9. The molecule has 3 N–H and O–H groups in total. The SMILES string of the molecule is Nc1ccc(-c2cc(C(F)(F)F)c3c(c2)[nH]c2ccccc23)cc1. The molecule has 4 aromatic rings. The third-order valence-corrected chi connectivity index (χ3v) is 4.15. The second kappa shape index (κ2) is 5.03. The summed E-state index contributed by atoms with van der Waals surface area (Å²) in [4.78, 5) is 3.09. The molecule has 1 heterocycles. The number of nitrogen functional groups attached to an aromatic ring is 1. The predicted molar refractivity (Wildman–Crippen MR) is 90.7 cm³/mol. The Bertz CT molecular complexity index is 1040. The van der Waals surface area contributed by atoms with Crippen LogP contribution in [0.1, 0.15) is 5.56 Å². The molecule has 5 heteroatoms. The van der Waals surface area contributed by atoms with Crippen LogP contribution in [0.2, 0.25) is 0 Å². The van der Waals surface area contributed by atoms with Crippen molar-refractivity contribution in [2.75, 3.05) is 5.73 Å². The van der Waals surface area contributed by atoms with Gasteiger partial charge in [-0.05, 0) is 41.5 Å². The Morgan fingerprint density at radius 3 is 2.21 bits per heavy atom. The molecule has 0 radical (unpaired) electrons. The number of anilines is 1. The molecule has 0 saturated heterocycles. The van der Waals surface area contributed by atoms with E-state index in [1.807, 2.05) is 0 Å². The van der Waals surface area contributed by atoms with E-state index in [0.717, 1.165) is 0 Å². The van der Waals surface area contributed by atoms with Gasteiger partial charge < -0.3 is 10.7 Å². The van der Waals surface area contributed by atoms with Crippen LogP contribution in [0.3, 0.4) is 0 Å². The molecule has 0 bridgehead atoms. The fourth-order valence-corrected chi connectivity index (χ4v) is 3.05. The van der Waals surface area contributed by atoms with E-state index in [9.17, 15) is 13.2 Å². The smallest absolute Gasteiger partial charge is 0.399 e. The number of nitrogens with one attached hydrogen (secondary N) is 1. The third-order valence-electron chi connectivity index (χ3n) is 4.15. The molecular weight excluding hydrogens is 313 g/mol. The largest absolute Gasteiger partial charge is 0.417 e. The Kier molecular flexibility index (Phi) is 3.06. The van der Waals surface area contributed by atoms with Crippen molar-refractivity contribution < 1.29 is 13.2 Å². The number of rotatable bonds is 1. The molecule has 120 valence electrons. The second-order valence-electron chi connectivity index (χ2n) is 5.74. The van der Waals surface area contributed by atoms with E-state index in [4.69, 9.17) is 5.73 Å². The van der Waals surface area contributed by atoms with Crippen LogP contribution in [-0.4, -0.2) is 4.98 Å². The fourth-order valence-electron chi connectivity index (χ4n) is 3.05. The van der Waals surface area contributed by atoms with E-state index in [0.29, 0.717) is 33.2 Å². The molecule has 3 aromatic carbocycles. The number of halogens is 3. The Balaban J connectivity index is 2.08. The van der Waals surface area contributed by atoms with Gasteiger partial charge in [0, 0.05) is 27.5 Å². The third kappa shape index (κ3) is 2.29. The van der Waals surface area contributed by atoms with Gasteiger partial charge in [-0.2, -0.15) is 13.2 Å². The quantitative estimate of drug-likeness (QED) is 0.440. The van der Waals surface area contributed by atoms with Crippen molar-refractivity contribution in [2.24, 2.45) is 0 Å². The molecule has 1 aromatic heterocycles. The molecule has 0 aliphatic carbocycles. The number of aromatic amines is 1. The molecule has 0 fully saturated rings. The van der Waals surface area contributed by atoms with Crippen molar-refractivity contribution in [3.8, 4) is 11.1 Å². The first-order valence-electron chi connectivity index (χ1n) is 7.41. The van der Waals surface area contributed by atoms with E-state index in [-0.39, 0.29) is 5.39 Å². The van der Waals surface area contributed by atoms with Gasteiger partial charge in [-0.15, -0.1) is 0 Å². The average Bonchev–Trinajstić information content (AvgIpc) is 2.92. The molecule has 0 aliphatic rings. The molecule has 2 nitrogen and oxygen atoms in total. The first kappa shape index (κ1) is 14.6. The number of fused-ring (bicyclic) bond motifs is 3. The first-order valence-corrected chi connectivity index (χ1v) is 7.41. The van der Waals surface area contributed by atoms with Gasteiger partial charge in [0.1, 0.15) is 0 Å². The molecular formula is C19H13F3N2. The van der Waals surface area contributed by atoms with Crippen molar-refractivity contribution in [1.29, 1.82) is 0 Å². The Morgan fingerprint density at radius 1 is 0.792 bits per heavy atom. The Labute approximate surface area is 135 Å². The highest BCUT2D eigenvalue weighted by molar-refractivity contribution is 6.10. The van der Waals surface area contributed by atoms with Gasteiger partial charge in [-0.3, -0.25) is 0 Å². The van der Waals surface area contributed by atoms with Gasteiger partial charge in [0.15, 0.2) is 0 Å². The zero-order valence-corrected chi connectivity index (χ0v) is 12.5. The highest BCUT2D eigenvalue weighted by atomic mass is 19.4. The van der Waals surface area contributed by atoms with E-state index in [1.54, 1.807) is 54.6 Å². The maximum absolute atomic E-state index is 13.6. The van der Waals surface area contributed by atoms with Crippen LogP contribution in [0.5, 0.6) is 0 Å². The molecule has 4 rings (SSSR count). The minimum atomic E-state index is -4.44. The fraction of sp³-hybridized carbons (Fsp3) is 0.0526. The second-order valence-corrected chi connectivity index (χ2v) is 5.74. The number of nitrogens with two attached hydrogens (primary N) is 1. The lowest BCUT2D eigenvalue weighted by Gasteiger charge is -2.12. The summed E-state index contributed by atoms with van der Waals surface area (Å²) in [6.45, 7) is 0. The molecule has 0 saturated carbocycles. The van der Waals surface area contributed by atoms with E-state index in [2.05, 4.69) is 4.98 Å². The van der Waals surface area contributed by atoms with Crippen LogP contribution < -0.4 is 5.73 Å². The van der Waals surface area contributed by atoms with Crippen LogP contribution in [0.15, 0.2) is 60.7 Å². The van der Waals surface area contributed by atoms with Crippen molar-refractivity contribution in [3.63, 3.8) is 0 Å². The maximum Gasteiger partial charge on any atom is 0.417 e. The van der Waals surface area contributed by atoms with E-state index in [1.165, 1.54) is 6.07 Å². The summed E-state index contributed by atoms with van der Waals surface area (Å²) in [5, 5.41) is 0.779. The van der Waals surface area contributed by atoms with Gasteiger partial charge in [-0.25, -0.2) is 0 Å². The summed E-state index contributed by atoms with van der Waals surface area (Å²) in [6.07, 6.45) is -4.44. The molecule has 24 heavy (non-hydrogen) atoms. The normalized spacial score (nSPS) is 12.1. The number of hydrogen-bond donors (Lipinski definition) is 2. The first-order chi connectivity index (χ1) is 11.4. The molecule has 0 atom stereocenters. The summed E-state index contributed by atoms with van der Waals surface area (Å²) in [5.41, 5.74) is 7.94. The topological polar surface area (TPSA) is 41.8 Å². The standard InChI is InChI=1S/C19H13F3N2/c20-19(21,22)15-9-12(11-5-7-13(23)8-6-11)10-17-18(15)14-3-1-2-4-16(14)24-17/h1-10,24H,23H2. The van der Waals surface area contributed by atoms with Crippen molar-refractivity contribution >= 4 is 27.5 Å². The molecule has 0 unspecified atom stereocenters. The number of hydrogen-bond acceptors (Lipinski definition) is 1. The van der Waals surface area contributed by atoms with Gasteiger partial charge >= 0.3 is 6.18 Å². The Morgan fingerprint density at radius 2 is 1.50 bits per heavy atom. The lowest BCUT2D eigenvalue weighted by atomic mass is 9.98. The highest BCUT2D eigenvalue weighted by Gasteiger charge is 2.34. The molecule has 0 aliphatic heterocycles. The summed E-state index contributed by atoms with van der Waals surface area (Å²) >= 11 is 0. The van der Waals surface area contributed by atoms with Gasteiger partial charge in [0.05, 0.1) is 5.56 Å². The van der Waals surface area contributed by atoms with E-state index >= 15 is 0 Å². The lowest BCUT2D eigenvalue weighted by molar-refractivity contribution is -0.136. The number of H-pyrrole nitrogens is 1. The van der Waals surface area contributed by atoms with Gasteiger partial charge in [-0.1, -0.05) is 30.3 Å². The summed E-state index contributed by atoms with van der Waals surface area (Å²) in [5.74, 6) is 0. The minimum Gasteiger partial charge on any atom is -0.399 e. The average molecular weight is 326 g/mol. The minimum absolute atomic E-state index is 0.206. The summed E-state index contributed by atoms with van der Waals surface area (Å²) in [7, 11) is 0. The zero-order valence-electron chi connectivity index (χ0n) is 12.5.